The standard InChI is InChI=1S/C16H9NO2/c17-10-14(11-6-2-1-3-7-11)15-12-8-4-5-9-13(12)16(18)19-15/h1-9H. The van der Waals surface area contributed by atoms with Crippen LogP contribution < -0.4 is 0 Å². The van der Waals surface area contributed by atoms with Gasteiger partial charge in [0.05, 0.1) is 5.56 Å². The lowest BCUT2D eigenvalue weighted by Gasteiger charge is -2.03. The molecule has 0 fully saturated rings. The Morgan fingerprint density at radius 3 is 2.26 bits per heavy atom. The third kappa shape index (κ3) is 1.80. The molecule has 1 aliphatic heterocycles. The van der Waals surface area contributed by atoms with Crippen molar-refractivity contribution in [2.75, 3.05) is 0 Å². The zero-order valence-corrected chi connectivity index (χ0v) is 9.96. The van der Waals surface area contributed by atoms with Crippen LogP contribution in [0.1, 0.15) is 21.5 Å². The number of hydrogen-bond acceptors (Lipinski definition) is 3. The molecule has 0 saturated heterocycles. The van der Waals surface area contributed by atoms with Gasteiger partial charge in [-0.05, 0) is 11.6 Å². The number of benzene rings is 2. The maximum absolute atomic E-state index is 11.8. The Bertz CT molecular complexity index is 724. The van der Waals surface area contributed by atoms with Crippen molar-refractivity contribution in [2.24, 2.45) is 0 Å². The highest BCUT2D eigenvalue weighted by atomic mass is 16.5. The maximum Gasteiger partial charge on any atom is 0.344 e. The summed E-state index contributed by atoms with van der Waals surface area (Å²) < 4.78 is 5.26. The summed E-state index contributed by atoms with van der Waals surface area (Å²) in [7, 11) is 0. The molecule has 3 rings (SSSR count). The van der Waals surface area contributed by atoms with Crippen LogP contribution in [0.3, 0.4) is 0 Å². The van der Waals surface area contributed by atoms with E-state index in [1.54, 1.807) is 18.2 Å². The molecule has 1 heterocycles. The second-order valence-electron chi connectivity index (χ2n) is 4.12. The third-order valence-electron chi connectivity index (χ3n) is 2.99. The van der Waals surface area contributed by atoms with E-state index in [1.165, 1.54) is 0 Å². The Kier molecular flexibility index (Phi) is 2.62. The number of carbonyl (C=O) groups is 1. The summed E-state index contributed by atoms with van der Waals surface area (Å²) in [6.07, 6.45) is 0. The van der Waals surface area contributed by atoms with Crippen LogP contribution in [0.5, 0.6) is 0 Å². The first kappa shape index (κ1) is 11.2. The second-order valence-corrected chi connectivity index (χ2v) is 4.12. The lowest BCUT2D eigenvalue weighted by atomic mass is 10.0. The fourth-order valence-electron chi connectivity index (χ4n) is 2.10. The topological polar surface area (TPSA) is 50.1 Å². The van der Waals surface area contributed by atoms with Crippen LogP contribution in [0.15, 0.2) is 54.6 Å². The van der Waals surface area contributed by atoms with E-state index in [4.69, 9.17) is 4.74 Å². The number of ether oxygens (including phenoxy) is 1. The van der Waals surface area contributed by atoms with Crippen LogP contribution in [0, 0.1) is 11.3 Å². The quantitative estimate of drug-likeness (QED) is 0.574. The van der Waals surface area contributed by atoms with Crippen LogP contribution in [0.4, 0.5) is 0 Å². The predicted octanol–water partition coefficient (Wildman–Crippen LogP) is 3.25. The first-order chi connectivity index (χ1) is 9.31. The van der Waals surface area contributed by atoms with E-state index in [-0.39, 0.29) is 0 Å². The van der Waals surface area contributed by atoms with E-state index in [1.807, 2.05) is 36.4 Å². The molecule has 2 aromatic rings. The maximum atomic E-state index is 11.8. The van der Waals surface area contributed by atoms with Gasteiger partial charge in [0.2, 0.25) is 0 Å². The number of nitriles is 1. The summed E-state index contributed by atoms with van der Waals surface area (Å²) in [5, 5.41) is 9.35. The lowest BCUT2D eigenvalue weighted by Crippen LogP contribution is -1.93. The number of nitrogens with zero attached hydrogens (tertiary/aromatic N) is 1. The van der Waals surface area contributed by atoms with Crippen molar-refractivity contribution >= 4 is 17.3 Å². The lowest BCUT2D eigenvalue weighted by molar-refractivity contribution is 0.0716. The smallest absolute Gasteiger partial charge is 0.344 e. The third-order valence-corrected chi connectivity index (χ3v) is 2.99. The van der Waals surface area contributed by atoms with Crippen molar-refractivity contribution in [3.63, 3.8) is 0 Å². The SMILES string of the molecule is N#CC(=C1OC(=O)c2ccccc21)c1ccccc1. The Hall–Kier alpha value is -2.86. The Morgan fingerprint density at radius 2 is 1.58 bits per heavy atom. The van der Waals surface area contributed by atoms with Gasteiger partial charge in [0.1, 0.15) is 11.6 Å². The molecule has 0 N–H and O–H groups in total. The molecule has 0 radical (unpaired) electrons. The van der Waals surface area contributed by atoms with Crippen LogP contribution in [0.25, 0.3) is 11.3 Å². The number of fused-ring (bicyclic) bond motifs is 1. The van der Waals surface area contributed by atoms with Crippen LogP contribution in [-0.4, -0.2) is 5.97 Å². The normalized spacial score (nSPS) is 15.4. The number of esters is 1. The van der Waals surface area contributed by atoms with Gasteiger partial charge in [-0.2, -0.15) is 5.26 Å². The monoisotopic (exact) mass is 247 g/mol. The molecule has 2 aromatic carbocycles. The minimum atomic E-state index is -0.408. The summed E-state index contributed by atoms with van der Waals surface area (Å²) in [5.74, 6) is -0.0661. The zero-order valence-electron chi connectivity index (χ0n) is 9.96. The molecule has 0 amide bonds. The van der Waals surface area contributed by atoms with E-state index in [0.717, 1.165) is 5.56 Å². The van der Waals surface area contributed by atoms with Crippen LogP contribution >= 0.6 is 0 Å². The molecular weight excluding hydrogens is 238 g/mol. The minimum Gasteiger partial charge on any atom is -0.421 e. The molecule has 19 heavy (non-hydrogen) atoms. The number of rotatable bonds is 1. The van der Waals surface area contributed by atoms with Crippen molar-refractivity contribution in [2.45, 2.75) is 0 Å². The Balaban J connectivity index is 2.24. The van der Waals surface area contributed by atoms with Gasteiger partial charge in [-0.15, -0.1) is 0 Å². The second kappa shape index (κ2) is 4.43. The average molecular weight is 247 g/mol. The molecule has 0 aliphatic carbocycles. The van der Waals surface area contributed by atoms with Gasteiger partial charge >= 0.3 is 5.97 Å². The molecule has 1 aliphatic rings. The first-order valence-electron chi connectivity index (χ1n) is 5.82. The first-order valence-corrected chi connectivity index (χ1v) is 5.82. The highest BCUT2D eigenvalue weighted by Crippen LogP contribution is 2.35. The number of cyclic esters (lactones) is 1. The summed E-state index contributed by atoms with van der Waals surface area (Å²) in [6.45, 7) is 0. The van der Waals surface area contributed by atoms with E-state index >= 15 is 0 Å². The van der Waals surface area contributed by atoms with Crippen molar-refractivity contribution in [3.05, 3.63) is 71.3 Å². The van der Waals surface area contributed by atoms with Gasteiger partial charge in [0.25, 0.3) is 0 Å². The fraction of sp³-hybridized carbons (Fsp3) is 0. The predicted molar refractivity (Wildman–Crippen MR) is 70.7 cm³/mol. The Labute approximate surface area is 110 Å². The van der Waals surface area contributed by atoms with E-state index in [0.29, 0.717) is 22.5 Å². The highest BCUT2D eigenvalue weighted by Gasteiger charge is 2.29. The van der Waals surface area contributed by atoms with E-state index < -0.39 is 5.97 Å². The minimum absolute atomic E-state index is 0.342. The summed E-state index contributed by atoms with van der Waals surface area (Å²) >= 11 is 0. The molecule has 0 spiro atoms. The molecule has 90 valence electrons. The van der Waals surface area contributed by atoms with Crippen LogP contribution in [0.2, 0.25) is 0 Å². The summed E-state index contributed by atoms with van der Waals surface area (Å²) in [5.41, 5.74) is 2.29. The molecule has 0 aromatic heterocycles. The van der Waals surface area contributed by atoms with Crippen LogP contribution in [-0.2, 0) is 4.74 Å². The van der Waals surface area contributed by atoms with Gasteiger partial charge in [0, 0.05) is 5.56 Å². The number of carbonyl (C=O) groups excluding carboxylic acids is 1. The van der Waals surface area contributed by atoms with Gasteiger partial charge in [-0.3, -0.25) is 0 Å². The average Bonchev–Trinajstić information content (AvgIpc) is 2.79. The van der Waals surface area contributed by atoms with Crippen molar-refractivity contribution in [1.82, 2.24) is 0 Å². The molecule has 0 saturated carbocycles. The fourth-order valence-corrected chi connectivity index (χ4v) is 2.10. The van der Waals surface area contributed by atoms with Crippen molar-refractivity contribution in [1.29, 1.82) is 5.26 Å². The number of hydrogen-bond donors (Lipinski definition) is 0. The Morgan fingerprint density at radius 1 is 0.947 bits per heavy atom. The van der Waals surface area contributed by atoms with Gasteiger partial charge < -0.3 is 4.74 Å². The zero-order chi connectivity index (χ0) is 13.2. The number of allylic oxidation sites excluding steroid dienone is 1. The van der Waals surface area contributed by atoms with E-state index in [9.17, 15) is 10.1 Å². The van der Waals surface area contributed by atoms with Gasteiger partial charge in [-0.1, -0.05) is 48.5 Å². The largest absolute Gasteiger partial charge is 0.421 e. The summed E-state index contributed by atoms with van der Waals surface area (Å²) in [4.78, 5) is 11.8. The molecule has 0 bridgehead atoms. The van der Waals surface area contributed by atoms with Gasteiger partial charge in [0.15, 0.2) is 5.76 Å². The molecule has 3 heteroatoms. The van der Waals surface area contributed by atoms with E-state index in [2.05, 4.69) is 6.07 Å². The van der Waals surface area contributed by atoms with Crippen molar-refractivity contribution in [3.8, 4) is 6.07 Å². The molecule has 3 nitrogen and oxygen atoms in total. The molecule has 0 atom stereocenters. The highest BCUT2D eigenvalue weighted by molar-refractivity contribution is 6.09. The van der Waals surface area contributed by atoms with Crippen molar-refractivity contribution < 1.29 is 9.53 Å². The summed E-state index contributed by atoms with van der Waals surface area (Å²) in [6, 6.07) is 18.4. The van der Waals surface area contributed by atoms with Gasteiger partial charge in [-0.25, -0.2) is 4.79 Å². The molecular formula is C16H9NO2. The molecule has 0 unspecified atom stereocenters.